The smallest absolute Gasteiger partial charge is 0.133 e. The van der Waals surface area contributed by atoms with Gasteiger partial charge in [0.2, 0.25) is 0 Å². The topological polar surface area (TPSA) is 35.2 Å². The molecule has 0 aromatic heterocycles. The van der Waals surface area contributed by atoms with Crippen LogP contribution >= 0.6 is 15.9 Å². The van der Waals surface area contributed by atoms with Gasteiger partial charge in [-0.2, -0.15) is 0 Å². The Hall–Kier alpha value is -0.540. The number of halogens is 1. The van der Waals surface area contributed by atoms with Crippen LogP contribution in [0.4, 0.5) is 0 Å². The molecular formula is C16H22BrNO. The van der Waals surface area contributed by atoms with Crippen LogP contribution in [0.3, 0.4) is 0 Å². The van der Waals surface area contributed by atoms with E-state index in [0.717, 1.165) is 29.3 Å². The second-order valence-corrected chi connectivity index (χ2v) is 6.95. The Morgan fingerprint density at radius 1 is 1.26 bits per heavy atom. The van der Waals surface area contributed by atoms with Crippen molar-refractivity contribution in [2.24, 2.45) is 11.7 Å². The van der Waals surface area contributed by atoms with Crippen LogP contribution < -0.4 is 10.5 Å². The molecule has 2 nitrogen and oxygen atoms in total. The molecule has 19 heavy (non-hydrogen) atoms. The molecule has 0 saturated heterocycles. The second-order valence-electron chi connectivity index (χ2n) is 6.09. The monoisotopic (exact) mass is 323 g/mol. The summed E-state index contributed by atoms with van der Waals surface area (Å²) in [4.78, 5) is 0. The summed E-state index contributed by atoms with van der Waals surface area (Å²) in [5.41, 5.74) is 7.62. The molecule has 3 rings (SSSR count). The van der Waals surface area contributed by atoms with Gasteiger partial charge in [0.15, 0.2) is 0 Å². The fourth-order valence-corrected chi connectivity index (χ4v) is 3.46. The Morgan fingerprint density at radius 3 is 2.63 bits per heavy atom. The first-order valence-electron chi connectivity index (χ1n) is 7.36. The van der Waals surface area contributed by atoms with Crippen molar-refractivity contribution in [2.75, 3.05) is 13.2 Å². The number of ether oxygens (including phenoxy) is 1. The minimum Gasteiger partial charge on any atom is -0.492 e. The lowest BCUT2D eigenvalue weighted by Gasteiger charge is -2.28. The van der Waals surface area contributed by atoms with Crippen molar-refractivity contribution in [3.8, 4) is 5.75 Å². The Kier molecular flexibility index (Phi) is 3.86. The predicted molar refractivity (Wildman–Crippen MR) is 81.6 cm³/mol. The van der Waals surface area contributed by atoms with Gasteiger partial charge in [0.05, 0.1) is 11.1 Å². The number of benzene rings is 1. The molecule has 2 aliphatic carbocycles. The third kappa shape index (κ3) is 2.82. The lowest BCUT2D eigenvalue weighted by Crippen LogP contribution is -2.32. The second kappa shape index (κ2) is 5.45. The third-order valence-corrected chi connectivity index (χ3v) is 5.32. The van der Waals surface area contributed by atoms with Crippen molar-refractivity contribution in [1.82, 2.24) is 0 Å². The normalized spacial score (nSPS) is 21.6. The van der Waals surface area contributed by atoms with E-state index in [1.165, 1.54) is 44.1 Å². The van der Waals surface area contributed by atoms with E-state index in [4.69, 9.17) is 10.5 Å². The molecular weight excluding hydrogens is 302 g/mol. The Bertz CT molecular complexity index is 450. The van der Waals surface area contributed by atoms with Crippen molar-refractivity contribution in [3.63, 3.8) is 0 Å². The largest absolute Gasteiger partial charge is 0.492 e. The van der Waals surface area contributed by atoms with Crippen molar-refractivity contribution in [3.05, 3.63) is 28.2 Å². The van der Waals surface area contributed by atoms with Crippen molar-refractivity contribution in [2.45, 2.75) is 43.9 Å². The molecule has 2 N–H and O–H groups in total. The van der Waals surface area contributed by atoms with Gasteiger partial charge < -0.3 is 10.5 Å². The summed E-state index contributed by atoms with van der Waals surface area (Å²) in [6.07, 6.45) is 7.67. The molecule has 1 aromatic rings. The zero-order chi connectivity index (χ0) is 13.3. The first-order valence-corrected chi connectivity index (χ1v) is 8.16. The standard InChI is InChI=1S/C16H22BrNO/c17-14-6-5-13(16(11-18)7-1-2-8-16)9-15(14)19-10-12-3-4-12/h5-6,9,12H,1-4,7-8,10-11,18H2. The van der Waals surface area contributed by atoms with Crippen LogP contribution in [0.25, 0.3) is 0 Å². The molecule has 2 saturated carbocycles. The van der Waals surface area contributed by atoms with Crippen LogP contribution in [-0.4, -0.2) is 13.2 Å². The molecule has 0 heterocycles. The third-order valence-electron chi connectivity index (χ3n) is 4.67. The van der Waals surface area contributed by atoms with E-state index < -0.39 is 0 Å². The number of nitrogens with two attached hydrogens (primary N) is 1. The molecule has 0 atom stereocenters. The first-order chi connectivity index (χ1) is 9.23. The number of hydrogen-bond donors (Lipinski definition) is 1. The van der Waals surface area contributed by atoms with E-state index in [0.29, 0.717) is 0 Å². The van der Waals surface area contributed by atoms with Gasteiger partial charge in [-0.15, -0.1) is 0 Å². The molecule has 0 amide bonds. The SMILES string of the molecule is NCC1(c2ccc(Br)c(OCC3CC3)c2)CCCC1. The van der Waals surface area contributed by atoms with Crippen molar-refractivity contribution < 1.29 is 4.74 Å². The van der Waals surface area contributed by atoms with Crippen LogP contribution in [0.5, 0.6) is 5.75 Å². The summed E-state index contributed by atoms with van der Waals surface area (Å²) in [6, 6.07) is 6.55. The highest BCUT2D eigenvalue weighted by atomic mass is 79.9. The van der Waals surface area contributed by atoms with Crippen LogP contribution in [0.1, 0.15) is 44.1 Å². The van der Waals surface area contributed by atoms with E-state index in [1.54, 1.807) is 0 Å². The molecule has 3 heteroatoms. The summed E-state index contributed by atoms with van der Waals surface area (Å²) < 4.78 is 7.02. The molecule has 0 aliphatic heterocycles. The van der Waals surface area contributed by atoms with E-state index in [-0.39, 0.29) is 5.41 Å². The number of rotatable bonds is 5. The lowest BCUT2D eigenvalue weighted by molar-refractivity contribution is 0.296. The average molecular weight is 324 g/mol. The van der Waals surface area contributed by atoms with Gasteiger partial charge in [-0.25, -0.2) is 0 Å². The van der Waals surface area contributed by atoms with Gasteiger partial charge in [0.1, 0.15) is 5.75 Å². The first kappa shape index (κ1) is 13.4. The van der Waals surface area contributed by atoms with E-state index in [9.17, 15) is 0 Å². The van der Waals surface area contributed by atoms with E-state index in [2.05, 4.69) is 34.1 Å². The summed E-state index contributed by atoms with van der Waals surface area (Å²) in [6.45, 7) is 1.61. The van der Waals surface area contributed by atoms with Crippen LogP contribution in [0.2, 0.25) is 0 Å². The summed E-state index contributed by atoms with van der Waals surface area (Å²) >= 11 is 3.59. The van der Waals surface area contributed by atoms with Crippen LogP contribution in [0, 0.1) is 5.92 Å². The van der Waals surface area contributed by atoms with E-state index in [1.807, 2.05) is 0 Å². The predicted octanol–water partition coefficient (Wildman–Crippen LogP) is 4.01. The Labute approximate surface area is 123 Å². The summed E-state index contributed by atoms with van der Waals surface area (Å²) in [7, 11) is 0. The highest BCUT2D eigenvalue weighted by molar-refractivity contribution is 9.10. The molecule has 2 aliphatic rings. The van der Waals surface area contributed by atoms with Gasteiger partial charge in [-0.3, -0.25) is 0 Å². The average Bonchev–Trinajstić information content (AvgIpc) is 3.13. The van der Waals surface area contributed by atoms with Crippen LogP contribution in [0.15, 0.2) is 22.7 Å². The molecule has 104 valence electrons. The van der Waals surface area contributed by atoms with Crippen LogP contribution in [-0.2, 0) is 5.41 Å². The fourth-order valence-electron chi connectivity index (χ4n) is 3.10. The summed E-state index contributed by atoms with van der Waals surface area (Å²) in [5.74, 6) is 1.77. The minimum absolute atomic E-state index is 0.193. The molecule has 0 bridgehead atoms. The Morgan fingerprint density at radius 2 is 2.00 bits per heavy atom. The summed E-state index contributed by atoms with van der Waals surface area (Å²) in [5, 5.41) is 0. The van der Waals surface area contributed by atoms with Crippen molar-refractivity contribution >= 4 is 15.9 Å². The maximum absolute atomic E-state index is 6.07. The van der Waals surface area contributed by atoms with Gasteiger partial charge in [-0.05, 0) is 65.2 Å². The molecule has 1 aromatic carbocycles. The highest BCUT2D eigenvalue weighted by Crippen LogP contribution is 2.42. The quantitative estimate of drug-likeness (QED) is 0.888. The number of hydrogen-bond acceptors (Lipinski definition) is 2. The van der Waals surface area contributed by atoms with Crippen molar-refractivity contribution in [1.29, 1.82) is 0 Å². The van der Waals surface area contributed by atoms with Gasteiger partial charge in [-0.1, -0.05) is 18.9 Å². The lowest BCUT2D eigenvalue weighted by atomic mass is 9.79. The van der Waals surface area contributed by atoms with E-state index >= 15 is 0 Å². The maximum atomic E-state index is 6.07. The minimum atomic E-state index is 0.193. The molecule has 0 unspecified atom stereocenters. The molecule has 0 spiro atoms. The fraction of sp³-hybridized carbons (Fsp3) is 0.625. The molecule has 2 fully saturated rings. The molecule has 0 radical (unpaired) electrons. The zero-order valence-electron chi connectivity index (χ0n) is 11.3. The van der Waals surface area contributed by atoms with Gasteiger partial charge in [0, 0.05) is 12.0 Å². The maximum Gasteiger partial charge on any atom is 0.133 e. The van der Waals surface area contributed by atoms with Gasteiger partial charge >= 0.3 is 0 Å². The van der Waals surface area contributed by atoms with Gasteiger partial charge in [0.25, 0.3) is 0 Å². The Balaban J connectivity index is 1.82. The highest BCUT2D eigenvalue weighted by Gasteiger charge is 2.34. The zero-order valence-corrected chi connectivity index (χ0v) is 12.9.